The minimum Gasteiger partial charge on any atom is -0.496 e. The summed E-state index contributed by atoms with van der Waals surface area (Å²) < 4.78 is 6.38. The molecule has 0 radical (unpaired) electrons. The van der Waals surface area contributed by atoms with Crippen molar-refractivity contribution < 1.29 is 9.84 Å². The number of aliphatic hydroxyl groups is 1. The van der Waals surface area contributed by atoms with Crippen LogP contribution in [0.15, 0.2) is 22.7 Å². The van der Waals surface area contributed by atoms with Crippen LogP contribution in [-0.2, 0) is 6.42 Å². The number of ether oxygens (including phenoxy) is 1. The van der Waals surface area contributed by atoms with Crippen molar-refractivity contribution in [3.63, 3.8) is 0 Å². The summed E-state index contributed by atoms with van der Waals surface area (Å²) in [6.07, 6.45) is 0.263. The third-order valence-corrected chi connectivity index (χ3v) is 5.10. The van der Waals surface area contributed by atoms with E-state index in [1.165, 1.54) is 0 Å². The molecule has 2 rings (SSSR count). The molecule has 1 aromatic carbocycles. The van der Waals surface area contributed by atoms with Gasteiger partial charge in [-0.1, -0.05) is 15.9 Å². The van der Waals surface area contributed by atoms with Gasteiger partial charge in [0.25, 0.3) is 0 Å². The van der Waals surface area contributed by atoms with Crippen LogP contribution in [0, 0.1) is 0 Å². The number of benzene rings is 1. The Morgan fingerprint density at radius 3 is 3.05 bits per heavy atom. The number of thioether (sulfide) groups is 1. The van der Waals surface area contributed by atoms with Crippen LogP contribution in [0.3, 0.4) is 0 Å². The third kappa shape index (κ3) is 3.88. The zero-order valence-electron chi connectivity index (χ0n) is 11.3. The van der Waals surface area contributed by atoms with E-state index >= 15 is 0 Å². The Balaban J connectivity index is 2.09. The van der Waals surface area contributed by atoms with Gasteiger partial charge in [-0.25, -0.2) is 0 Å². The van der Waals surface area contributed by atoms with E-state index in [2.05, 4.69) is 27.9 Å². The van der Waals surface area contributed by atoms with Gasteiger partial charge in [-0.3, -0.25) is 4.90 Å². The quantitative estimate of drug-likeness (QED) is 0.908. The van der Waals surface area contributed by atoms with Crippen LogP contribution < -0.4 is 4.74 Å². The Labute approximate surface area is 127 Å². The molecule has 19 heavy (non-hydrogen) atoms. The molecule has 1 aliphatic rings. The first-order valence-electron chi connectivity index (χ1n) is 6.40. The summed E-state index contributed by atoms with van der Waals surface area (Å²) in [7, 11) is 3.76. The third-order valence-electron chi connectivity index (χ3n) is 3.56. The van der Waals surface area contributed by atoms with E-state index in [1.807, 2.05) is 30.0 Å². The van der Waals surface area contributed by atoms with Gasteiger partial charge in [-0.05, 0) is 30.8 Å². The van der Waals surface area contributed by atoms with E-state index in [4.69, 9.17) is 4.74 Å². The number of halogens is 1. The Kier molecular flexibility index (Phi) is 5.57. The van der Waals surface area contributed by atoms with Crippen LogP contribution in [-0.4, -0.2) is 54.4 Å². The molecule has 0 amide bonds. The largest absolute Gasteiger partial charge is 0.496 e. The lowest BCUT2D eigenvalue weighted by Gasteiger charge is -2.35. The molecule has 0 spiro atoms. The predicted octanol–water partition coefficient (Wildman–Crippen LogP) is 2.41. The van der Waals surface area contributed by atoms with Crippen molar-refractivity contribution in [3.8, 4) is 5.75 Å². The van der Waals surface area contributed by atoms with Gasteiger partial charge in [0.15, 0.2) is 0 Å². The monoisotopic (exact) mass is 345 g/mol. The van der Waals surface area contributed by atoms with E-state index in [-0.39, 0.29) is 12.1 Å². The summed E-state index contributed by atoms with van der Waals surface area (Å²) in [6.45, 7) is 1.04. The van der Waals surface area contributed by atoms with Crippen molar-refractivity contribution in [3.05, 3.63) is 28.2 Å². The molecule has 1 saturated heterocycles. The van der Waals surface area contributed by atoms with Crippen LogP contribution in [0.5, 0.6) is 5.75 Å². The second kappa shape index (κ2) is 6.97. The number of aliphatic hydroxyl groups excluding tert-OH is 1. The fourth-order valence-corrected chi connectivity index (χ4v) is 4.09. The molecule has 0 aliphatic carbocycles. The number of hydrogen-bond acceptors (Lipinski definition) is 4. The molecule has 0 aromatic heterocycles. The number of likely N-dealkylation sites (N-methyl/N-ethyl adjacent to an activating group) is 1. The maximum atomic E-state index is 10.5. The van der Waals surface area contributed by atoms with Gasteiger partial charge in [0.1, 0.15) is 5.75 Å². The lowest BCUT2D eigenvalue weighted by atomic mass is 10.0. The van der Waals surface area contributed by atoms with Crippen LogP contribution in [0.4, 0.5) is 0 Å². The predicted molar refractivity (Wildman–Crippen MR) is 84.1 cm³/mol. The van der Waals surface area contributed by atoms with Crippen LogP contribution >= 0.6 is 27.7 Å². The van der Waals surface area contributed by atoms with Crippen LogP contribution in [0.25, 0.3) is 0 Å². The van der Waals surface area contributed by atoms with E-state index in [1.54, 1.807) is 7.11 Å². The average Bonchev–Trinajstić information content (AvgIpc) is 2.39. The van der Waals surface area contributed by atoms with Crippen molar-refractivity contribution in [2.45, 2.75) is 18.6 Å². The van der Waals surface area contributed by atoms with E-state index < -0.39 is 0 Å². The molecule has 1 heterocycles. The number of rotatable bonds is 4. The number of hydrogen-bond donors (Lipinski definition) is 1. The molecule has 2 unspecified atom stereocenters. The highest BCUT2D eigenvalue weighted by atomic mass is 79.9. The highest BCUT2D eigenvalue weighted by Gasteiger charge is 2.27. The highest BCUT2D eigenvalue weighted by molar-refractivity contribution is 9.10. The summed E-state index contributed by atoms with van der Waals surface area (Å²) in [6, 6.07) is 6.14. The molecule has 0 saturated carbocycles. The first kappa shape index (κ1) is 15.2. The molecule has 2 atom stereocenters. The van der Waals surface area contributed by atoms with Gasteiger partial charge in [-0.15, -0.1) is 0 Å². The SMILES string of the molecule is COc1ccc(Br)cc1CC(O)C1CSCCN1C. The van der Waals surface area contributed by atoms with Crippen molar-refractivity contribution in [1.29, 1.82) is 0 Å². The average molecular weight is 346 g/mol. The Bertz CT molecular complexity index is 430. The molecule has 1 N–H and O–H groups in total. The molecule has 0 bridgehead atoms. The van der Waals surface area contributed by atoms with Gasteiger partial charge >= 0.3 is 0 Å². The number of nitrogens with zero attached hydrogens (tertiary/aromatic N) is 1. The fraction of sp³-hybridized carbons (Fsp3) is 0.571. The first-order chi connectivity index (χ1) is 9.11. The summed E-state index contributed by atoms with van der Waals surface area (Å²) in [5, 5.41) is 10.5. The van der Waals surface area contributed by atoms with Gasteiger partial charge < -0.3 is 9.84 Å². The second-order valence-electron chi connectivity index (χ2n) is 4.85. The molecule has 5 heteroatoms. The van der Waals surface area contributed by atoms with Gasteiger partial charge in [0.2, 0.25) is 0 Å². The maximum absolute atomic E-state index is 10.5. The van der Waals surface area contributed by atoms with Crippen molar-refractivity contribution in [2.75, 3.05) is 32.2 Å². The lowest BCUT2D eigenvalue weighted by Crippen LogP contribution is -2.47. The molecule has 1 fully saturated rings. The van der Waals surface area contributed by atoms with E-state index in [0.717, 1.165) is 33.8 Å². The minimum absolute atomic E-state index is 0.224. The zero-order valence-corrected chi connectivity index (χ0v) is 13.7. The Hall–Kier alpha value is -0.230. The van der Waals surface area contributed by atoms with Gasteiger partial charge in [-0.2, -0.15) is 11.8 Å². The van der Waals surface area contributed by atoms with Crippen molar-refractivity contribution in [1.82, 2.24) is 4.90 Å². The van der Waals surface area contributed by atoms with E-state index in [9.17, 15) is 5.11 Å². The van der Waals surface area contributed by atoms with E-state index in [0.29, 0.717) is 6.42 Å². The molecule has 106 valence electrons. The highest BCUT2D eigenvalue weighted by Crippen LogP contribution is 2.26. The Morgan fingerprint density at radius 1 is 1.58 bits per heavy atom. The first-order valence-corrected chi connectivity index (χ1v) is 8.35. The standard InChI is InChI=1S/C14H20BrNO2S/c1-16-5-6-19-9-12(16)13(17)8-10-7-11(15)3-4-14(10)18-2/h3-4,7,12-13,17H,5-6,8-9H2,1-2H3. The normalized spacial score (nSPS) is 22.2. The van der Waals surface area contributed by atoms with Gasteiger partial charge in [0, 0.05) is 35.0 Å². The van der Waals surface area contributed by atoms with Crippen LogP contribution in [0.1, 0.15) is 5.56 Å². The van der Waals surface area contributed by atoms with Crippen molar-refractivity contribution in [2.24, 2.45) is 0 Å². The number of methoxy groups -OCH3 is 1. The Morgan fingerprint density at radius 2 is 2.37 bits per heavy atom. The molecular weight excluding hydrogens is 326 g/mol. The summed E-state index contributed by atoms with van der Waals surface area (Å²) in [5.74, 6) is 2.99. The lowest BCUT2D eigenvalue weighted by molar-refractivity contribution is 0.0758. The smallest absolute Gasteiger partial charge is 0.122 e. The van der Waals surface area contributed by atoms with Crippen LogP contribution in [0.2, 0.25) is 0 Å². The molecule has 1 aliphatic heterocycles. The minimum atomic E-state index is -0.360. The fourth-order valence-electron chi connectivity index (χ4n) is 2.38. The zero-order chi connectivity index (χ0) is 13.8. The summed E-state index contributed by atoms with van der Waals surface area (Å²) >= 11 is 5.39. The second-order valence-corrected chi connectivity index (χ2v) is 6.92. The van der Waals surface area contributed by atoms with Crippen molar-refractivity contribution >= 4 is 27.7 Å². The molecular formula is C14H20BrNO2S. The summed E-state index contributed by atoms with van der Waals surface area (Å²) in [5.41, 5.74) is 1.05. The van der Waals surface area contributed by atoms with Gasteiger partial charge in [0.05, 0.1) is 13.2 Å². The summed E-state index contributed by atoms with van der Waals surface area (Å²) in [4.78, 5) is 2.26. The maximum Gasteiger partial charge on any atom is 0.122 e. The molecule has 3 nitrogen and oxygen atoms in total. The topological polar surface area (TPSA) is 32.7 Å². The molecule has 1 aromatic rings.